The molecule has 1 fully saturated rings. The standard InChI is InChI=1S/C17H23NO3/c1-3-16(19)14-4-6-15(7-5-14)21-12-17(20)18-10-8-13(2)9-11-18/h4-7,13H,3,8-12H2,1-2H3. The van der Waals surface area contributed by atoms with E-state index in [1.807, 2.05) is 11.8 Å². The summed E-state index contributed by atoms with van der Waals surface area (Å²) in [6, 6.07) is 6.98. The molecule has 4 nitrogen and oxygen atoms in total. The van der Waals surface area contributed by atoms with Crippen LogP contribution in [0, 0.1) is 5.92 Å². The van der Waals surface area contributed by atoms with Crippen LogP contribution in [-0.4, -0.2) is 36.3 Å². The summed E-state index contributed by atoms with van der Waals surface area (Å²) in [5.41, 5.74) is 0.682. The minimum absolute atomic E-state index is 0.0376. The molecule has 114 valence electrons. The van der Waals surface area contributed by atoms with Crippen molar-refractivity contribution in [2.24, 2.45) is 5.92 Å². The molecular weight excluding hydrogens is 266 g/mol. The second kappa shape index (κ2) is 7.25. The van der Waals surface area contributed by atoms with Crippen LogP contribution in [0.25, 0.3) is 0 Å². The first kappa shape index (κ1) is 15.5. The van der Waals surface area contributed by atoms with Crippen LogP contribution in [0.5, 0.6) is 5.75 Å². The van der Waals surface area contributed by atoms with Crippen LogP contribution in [0.1, 0.15) is 43.5 Å². The van der Waals surface area contributed by atoms with Crippen LogP contribution in [0.4, 0.5) is 0 Å². The van der Waals surface area contributed by atoms with Gasteiger partial charge in [0.2, 0.25) is 0 Å². The van der Waals surface area contributed by atoms with Gasteiger partial charge in [0.15, 0.2) is 12.4 Å². The Labute approximate surface area is 126 Å². The number of rotatable bonds is 5. The van der Waals surface area contributed by atoms with Crippen molar-refractivity contribution in [1.29, 1.82) is 0 Å². The number of benzene rings is 1. The summed E-state index contributed by atoms with van der Waals surface area (Å²) in [7, 11) is 0. The highest BCUT2D eigenvalue weighted by molar-refractivity contribution is 5.95. The molecule has 0 aromatic heterocycles. The third-order valence-electron chi connectivity index (χ3n) is 4.00. The van der Waals surface area contributed by atoms with E-state index in [-0.39, 0.29) is 18.3 Å². The first-order valence-corrected chi connectivity index (χ1v) is 7.64. The summed E-state index contributed by atoms with van der Waals surface area (Å²) in [5, 5.41) is 0. The van der Waals surface area contributed by atoms with E-state index in [4.69, 9.17) is 4.74 Å². The molecular formula is C17H23NO3. The van der Waals surface area contributed by atoms with Crippen LogP contribution in [0.15, 0.2) is 24.3 Å². The lowest BCUT2D eigenvalue weighted by Gasteiger charge is -2.30. The maximum Gasteiger partial charge on any atom is 0.260 e. The summed E-state index contributed by atoms with van der Waals surface area (Å²) in [4.78, 5) is 25.4. The van der Waals surface area contributed by atoms with E-state index in [1.165, 1.54) is 0 Å². The zero-order valence-electron chi connectivity index (χ0n) is 12.8. The minimum Gasteiger partial charge on any atom is -0.484 e. The Kier molecular flexibility index (Phi) is 5.37. The molecule has 1 aromatic carbocycles. The van der Waals surface area contributed by atoms with E-state index < -0.39 is 0 Å². The molecule has 21 heavy (non-hydrogen) atoms. The van der Waals surface area contributed by atoms with E-state index in [2.05, 4.69) is 6.92 Å². The Bertz CT molecular complexity index is 487. The third-order valence-corrected chi connectivity index (χ3v) is 4.00. The van der Waals surface area contributed by atoms with Crippen molar-refractivity contribution in [3.63, 3.8) is 0 Å². The maximum atomic E-state index is 12.0. The zero-order chi connectivity index (χ0) is 15.2. The highest BCUT2D eigenvalue weighted by atomic mass is 16.5. The number of carbonyl (C=O) groups is 2. The Hall–Kier alpha value is -1.84. The molecule has 0 N–H and O–H groups in total. The average molecular weight is 289 g/mol. The van der Waals surface area contributed by atoms with Gasteiger partial charge in [0.1, 0.15) is 5.75 Å². The zero-order valence-corrected chi connectivity index (χ0v) is 12.8. The lowest BCUT2D eigenvalue weighted by molar-refractivity contribution is -0.134. The highest BCUT2D eigenvalue weighted by Crippen LogP contribution is 2.17. The van der Waals surface area contributed by atoms with Gasteiger partial charge in [0, 0.05) is 25.1 Å². The molecule has 0 spiro atoms. The van der Waals surface area contributed by atoms with Crippen LogP contribution in [0.3, 0.4) is 0 Å². The van der Waals surface area contributed by atoms with Crippen molar-refractivity contribution in [3.05, 3.63) is 29.8 Å². The summed E-state index contributed by atoms with van der Waals surface area (Å²) in [6.07, 6.45) is 2.63. The number of likely N-dealkylation sites (tertiary alicyclic amines) is 1. The van der Waals surface area contributed by atoms with Gasteiger partial charge in [-0.2, -0.15) is 0 Å². The number of Topliss-reactive ketones (excluding diaryl/α,β-unsaturated/α-hetero) is 1. The lowest BCUT2D eigenvalue weighted by Crippen LogP contribution is -2.40. The van der Waals surface area contributed by atoms with Crippen molar-refractivity contribution in [2.75, 3.05) is 19.7 Å². The van der Waals surface area contributed by atoms with Crippen molar-refractivity contribution < 1.29 is 14.3 Å². The predicted molar refractivity (Wildman–Crippen MR) is 81.5 cm³/mol. The second-order valence-electron chi connectivity index (χ2n) is 5.65. The van der Waals surface area contributed by atoms with Gasteiger partial charge in [0.25, 0.3) is 5.91 Å². The molecule has 0 bridgehead atoms. The topological polar surface area (TPSA) is 46.6 Å². The minimum atomic E-state index is 0.0376. The third kappa shape index (κ3) is 4.31. The second-order valence-corrected chi connectivity index (χ2v) is 5.65. The number of carbonyl (C=O) groups excluding carboxylic acids is 2. The van der Waals surface area contributed by atoms with Gasteiger partial charge in [-0.1, -0.05) is 13.8 Å². The normalized spacial score (nSPS) is 15.8. The fourth-order valence-electron chi connectivity index (χ4n) is 2.44. The Morgan fingerprint density at radius 2 is 1.81 bits per heavy atom. The quantitative estimate of drug-likeness (QED) is 0.783. The van der Waals surface area contributed by atoms with Gasteiger partial charge >= 0.3 is 0 Å². The largest absolute Gasteiger partial charge is 0.484 e. The Morgan fingerprint density at radius 1 is 1.19 bits per heavy atom. The van der Waals surface area contributed by atoms with Gasteiger partial charge in [-0.15, -0.1) is 0 Å². The monoisotopic (exact) mass is 289 g/mol. The summed E-state index contributed by atoms with van der Waals surface area (Å²) < 4.78 is 5.51. The first-order valence-electron chi connectivity index (χ1n) is 7.64. The van der Waals surface area contributed by atoms with Crippen molar-refractivity contribution >= 4 is 11.7 Å². The van der Waals surface area contributed by atoms with E-state index in [9.17, 15) is 9.59 Å². The van der Waals surface area contributed by atoms with E-state index in [0.29, 0.717) is 23.7 Å². The van der Waals surface area contributed by atoms with Gasteiger partial charge < -0.3 is 9.64 Å². The Balaban J connectivity index is 1.82. The number of amides is 1. The lowest BCUT2D eigenvalue weighted by atomic mass is 9.99. The molecule has 1 heterocycles. The molecule has 0 radical (unpaired) electrons. The fourth-order valence-corrected chi connectivity index (χ4v) is 2.44. The van der Waals surface area contributed by atoms with Crippen LogP contribution in [-0.2, 0) is 4.79 Å². The van der Waals surface area contributed by atoms with Crippen molar-refractivity contribution in [2.45, 2.75) is 33.1 Å². The molecule has 0 aliphatic carbocycles. The SMILES string of the molecule is CCC(=O)c1ccc(OCC(=O)N2CCC(C)CC2)cc1. The summed E-state index contributed by atoms with van der Waals surface area (Å²) in [5.74, 6) is 1.48. The molecule has 4 heteroatoms. The molecule has 1 aromatic rings. The van der Waals surface area contributed by atoms with E-state index in [0.717, 1.165) is 25.9 Å². The maximum absolute atomic E-state index is 12.0. The van der Waals surface area contributed by atoms with Crippen molar-refractivity contribution in [1.82, 2.24) is 4.90 Å². The number of ketones is 1. The van der Waals surface area contributed by atoms with Crippen LogP contribution >= 0.6 is 0 Å². The molecule has 1 amide bonds. The summed E-state index contributed by atoms with van der Waals surface area (Å²) in [6.45, 7) is 5.78. The van der Waals surface area contributed by atoms with Gasteiger partial charge in [-0.25, -0.2) is 0 Å². The van der Waals surface area contributed by atoms with Gasteiger partial charge in [0.05, 0.1) is 0 Å². The van der Waals surface area contributed by atoms with Crippen LogP contribution < -0.4 is 4.74 Å². The molecule has 0 atom stereocenters. The average Bonchev–Trinajstić information content (AvgIpc) is 2.53. The number of piperidine rings is 1. The number of ether oxygens (including phenoxy) is 1. The Morgan fingerprint density at radius 3 is 2.38 bits per heavy atom. The van der Waals surface area contributed by atoms with E-state index in [1.54, 1.807) is 24.3 Å². The van der Waals surface area contributed by atoms with E-state index >= 15 is 0 Å². The molecule has 1 aliphatic heterocycles. The molecule has 2 rings (SSSR count). The van der Waals surface area contributed by atoms with Gasteiger partial charge in [-0.05, 0) is 43.0 Å². The van der Waals surface area contributed by atoms with Crippen molar-refractivity contribution in [3.8, 4) is 5.75 Å². The fraction of sp³-hybridized carbons (Fsp3) is 0.529. The van der Waals surface area contributed by atoms with Crippen LogP contribution in [0.2, 0.25) is 0 Å². The molecule has 0 saturated carbocycles. The molecule has 0 unspecified atom stereocenters. The van der Waals surface area contributed by atoms with Gasteiger partial charge in [-0.3, -0.25) is 9.59 Å². The molecule has 1 aliphatic rings. The summed E-state index contributed by atoms with van der Waals surface area (Å²) >= 11 is 0. The first-order chi connectivity index (χ1) is 10.1. The number of hydrogen-bond acceptors (Lipinski definition) is 3. The number of nitrogens with zero attached hydrogens (tertiary/aromatic N) is 1. The number of hydrogen-bond donors (Lipinski definition) is 0. The molecule has 1 saturated heterocycles. The smallest absolute Gasteiger partial charge is 0.260 e. The highest BCUT2D eigenvalue weighted by Gasteiger charge is 2.20. The predicted octanol–water partition coefficient (Wildman–Crippen LogP) is 2.92.